The van der Waals surface area contributed by atoms with Gasteiger partial charge in [-0.1, -0.05) is 12.1 Å². The van der Waals surface area contributed by atoms with Crippen molar-refractivity contribution in [3.63, 3.8) is 0 Å². The third-order valence-electron chi connectivity index (χ3n) is 2.64. The number of rotatable bonds is 3. The predicted octanol–water partition coefficient (Wildman–Crippen LogP) is 0.689. The molecule has 1 fully saturated rings. The molecule has 0 amide bonds. The van der Waals surface area contributed by atoms with Crippen molar-refractivity contribution >= 4 is 17.3 Å². The normalized spacial score (nSPS) is 26.9. The van der Waals surface area contributed by atoms with Crippen LogP contribution in [-0.2, 0) is 34.9 Å². The molecule has 0 aromatic heterocycles. The maximum atomic E-state index is 11.8. The van der Waals surface area contributed by atoms with Crippen LogP contribution < -0.4 is 4.74 Å². The van der Waals surface area contributed by atoms with Gasteiger partial charge < -0.3 is 9.47 Å². The van der Waals surface area contributed by atoms with E-state index in [9.17, 15) is 9.00 Å². The summed E-state index contributed by atoms with van der Waals surface area (Å²) in [6, 6.07) is 6.62. The van der Waals surface area contributed by atoms with E-state index in [1.807, 2.05) is 0 Å². The molecule has 2 rings (SSSR count). The zero-order valence-corrected chi connectivity index (χ0v) is 10.7. The largest absolute Gasteiger partial charge is 0.497 e. The van der Waals surface area contributed by atoms with Gasteiger partial charge in [-0.15, -0.1) is 0 Å². The molecule has 1 aromatic carbocycles. The summed E-state index contributed by atoms with van der Waals surface area (Å²) in [5, 5.41) is 0. The van der Waals surface area contributed by atoms with Gasteiger partial charge in [-0.3, -0.25) is 4.18 Å². The summed E-state index contributed by atoms with van der Waals surface area (Å²) in [4.78, 5) is 11.8. The van der Waals surface area contributed by atoms with E-state index in [1.54, 1.807) is 24.3 Å². The Labute approximate surface area is 107 Å². The number of ether oxygens (including phenoxy) is 2. The summed E-state index contributed by atoms with van der Waals surface area (Å²) in [6.45, 7) is -0.154. The molecule has 0 radical (unpaired) electrons. The fraction of sp³-hybridized carbons (Fsp3) is 0.364. The van der Waals surface area contributed by atoms with Gasteiger partial charge in [0.25, 0.3) is 0 Å². The van der Waals surface area contributed by atoms with Crippen LogP contribution in [0.3, 0.4) is 0 Å². The first-order chi connectivity index (χ1) is 8.62. The zero-order valence-electron chi connectivity index (χ0n) is 9.87. The average Bonchev–Trinajstić information content (AvgIpc) is 2.81. The van der Waals surface area contributed by atoms with Crippen molar-refractivity contribution in [3.8, 4) is 5.75 Å². The highest BCUT2D eigenvalue weighted by Crippen LogP contribution is 2.35. The summed E-state index contributed by atoms with van der Waals surface area (Å²) < 4.78 is 30.8. The molecule has 2 unspecified atom stereocenters. The number of methoxy groups -OCH3 is 2. The monoisotopic (exact) mass is 272 g/mol. The quantitative estimate of drug-likeness (QED) is 0.754. The molecule has 2 atom stereocenters. The molecule has 0 N–H and O–H groups in total. The number of carbonyl (C=O) groups is 1. The number of esters is 1. The van der Waals surface area contributed by atoms with Gasteiger partial charge in [0, 0.05) is 0 Å². The Kier molecular flexibility index (Phi) is 3.65. The molecular weight excluding hydrogens is 260 g/mol. The fourth-order valence-corrected chi connectivity index (χ4v) is 2.42. The first-order valence-electron chi connectivity index (χ1n) is 5.10. The summed E-state index contributed by atoms with van der Waals surface area (Å²) in [5.41, 5.74) is -0.979. The molecule has 1 heterocycles. The first kappa shape index (κ1) is 13.0. The molecule has 18 heavy (non-hydrogen) atoms. The minimum Gasteiger partial charge on any atom is -0.497 e. The molecule has 1 aliphatic heterocycles. The minimum atomic E-state index is -1.95. The molecule has 7 heteroatoms. The molecule has 0 bridgehead atoms. The van der Waals surface area contributed by atoms with Crippen LogP contribution in [0.15, 0.2) is 24.3 Å². The molecule has 1 saturated heterocycles. The van der Waals surface area contributed by atoms with Gasteiger partial charge in [0.05, 0.1) is 14.2 Å². The highest BCUT2D eigenvalue weighted by atomic mass is 32.2. The fourth-order valence-electron chi connectivity index (χ4n) is 1.66. The molecule has 0 aliphatic carbocycles. The van der Waals surface area contributed by atoms with Gasteiger partial charge in [0.2, 0.25) is 5.60 Å². The van der Waals surface area contributed by atoms with E-state index < -0.39 is 22.9 Å². The van der Waals surface area contributed by atoms with E-state index in [-0.39, 0.29) is 6.61 Å². The Hall–Kier alpha value is -1.44. The third-order valence-corrected chi connectivity index (χ3v) is 3.37. The van der Waals surface area contributed by atoms with E-state index in [0.717, 1.165) is 0 Å². The van der Waals surface area contributed by atoms with Crippen molar-refractivity contribution in [1.82, 2.24) is 0 Å². The molecule has 0 saturated carbocycles. The first-order valence-corrected chi connectivity index (χ1v) is 6.10. The highest BCUT2D eigenvalue weighted by Gasteiger charge is 2.51. The lowest BCUT2D eigenvalue weighted by molar-refractivity contribution is -0.158. The lowest BCUT2D eigenvalue weighted by Crippen LogP contribution is -2.39. The summed E-state index contributed by atoms with van der Waals surface area (Å²) in [6.07, 6.45) is 0. The molecule has 98 valence electrons. The Balaban J connectivity index is 2.40. The Morgan fingerprint density at radius 1 is 1.33 bits per heavy atom. The van der Waals surface area contributed by atoms with E-state index >= 15 is 0 Å². The smallest absolute Gasteiger partial charge is 0.346 e. The number of carbonyl (C=O) groups excluding carboxylic acids is 1. The average molecular weight is 272 g/mol. The molecule has 1 aromatic rings. The van der Waals surface area contributed by atoms with Crippen molar-refractivity contribution < 1.29 is 26.8 Å². The van der Waals surface area contributed by atoms with Crippen molar-refractivity contribution in [2.24, 2.45) is 0 Å². The van der Waals surface area contributed by atoms with E-state index in [1.165, 1.54) is 14.2 Å². The van der Waals surface area contributed by atoms with E-state index in [4.69, 9.17) is 13.1 Å². The predicted molar refractivity (Wildman–Crippen MR) is 61.9 cm³/mol. The Morgan fingerprint density at radius 3 is 2.44 bits per heavy atom. The van der Waals surface area contributed by atoms with Gasteiger partial charge in [-0.2, -0.15) is 4.21 Å². The topological polar surface area (TPSA) is 71.1 Å². The molecule has 0 spiro atoms. The summed E-state index contributed by atoms with van der Waals surface area (Å²) in [7, 11) is 2.77. The minimum absolute atomic E-state index is 0.154. The van der Waals surface area contributed by atoms with Gasteiger partial charge in [-0.05, 0) is 17.7 Å². The summed E-state index contributed by atoms with van der Waals surface area (Å²) >= 11 is -1.95. The van der Waals surface area contributed by atoms with Crippen LogP contribution in [0.1, 0.15) is 5.56 Å². The van der Waals surface area contributed by atoms with Crippen LogP contribution in [0, 0.1) is 0 Å². The van der Waals surface area contributed by atoms with Crippen LogP contribution in [0.2, 0.25) is 0 Å². The van der Waals surface area contributed by atoms with Crippen LogP contribution in [-0.4, -0.2) is 31.0 Å². The van der Waals surface area contributed by atoms with Crippen molar-refractivity contribution in [2.75, 3.05) is 20.8 Å². The lowest BCUT2D eigenvalue weighted by Gasteiger charge is -2.22. The molecule has 6 nitrogen and oxygen atoms in total. The SMILES string of the molecule is COC(=O)C1(c2ccc(OC)cc2)COS(=O)O1. The zero-order chi connectivity index (χ0) is 13.2. The Morgan fingerprint density at radius 2 is 2.00 bits per heavy atom. The van der Waals surface area contributed by atoms with Crippen molar-refractivity contribution in [1.29, 1.82) is 0 Å². The molecule has 1 aliphatic rings. The van der Waals surface area contributed by atoms with Gasteiger partial charge in [0.15, 0.2) is 0 Å². The van der Waals surface area contributed by atoms with Crippen molar-refractivity contribution in [2.45, 2.75) is 5.60 Å². The molecular formula is C11H12O6S. The summed E-state index contributed by atoms with van der Waals surface area (Å²) in [5.74, 6) is -0.0164. The van der Waals surface area contributed by atoms with E-state index in [2.05, 4.69) is 4.74 Å². The van der Waals surface area contributed by atoms with Crippen LogP contribution in [0.5, 0.6) is 5.75 Å². The van der Waals surface area contributed by atoms with Gasteiger partial charge in [-0.25, -0.2) is 8.98 Å². The second-order valence-electron chi connectivity index (χ2n) is 3.60. The van der Waals surface area contributed by atoms with Crippen LogP contribution in [0.25, 0.3) is 0 Å². The van der Waals surface area contributed by atoms with E-state index in [0.29, 0.717) is 11.3 Å². The second-order valence-corrected chi connectivity index (χ2v) is 4.41. The lowest BCUT2D eigenvalue weighted by atomic mass is 9.95. The van der Waals surface area contributed by atoms with Crippen LogP contribution >= 0.6 is 0 Å². The third kappa shape index (κ3) is 2.12. The standard InChI is InChI=1S/C11H12O6S/c1-14-9-5-3-8(4-6-9)11(10(12)15-2)7-16-18(13)17-11/h3-6H,7H2,1-2H3. The van der Waals surface area contributed by atoms with Gasteiger partial charge in [0.1, 0.15) is 12.4 Å². The Bertz CT molecular complexity index is 471. The number of hydrogen-bond acceptors (Lipinski definition) is 6. The van der Waals surface area contributed by atoms with Crippen molar-refractivity contribution in [3.05, 3.63) is 29.8 Å². The number of hydrogen-bond donors (Lipinski definition) is 0. The van der Waals surface area contributed by atoms with Crippen LogP contribution in [0.4, 0.5) is 0 Å². The highest BCUT2D eigenvalue weighted by molar-refractivity contribution is 7.75. The maximum absolute atomic E-state index is 11.8. The van der Waals surface area contributed by atoms with Gasteiger partial charge >= 0.3 is 17.3 Å². The number of benzene rings is 1. The maximum Gasteiger partial charge on any atom is 0.346 e. The second kappa shape index (κ2) is 5.05.